The summed E-state index contributed by atoms with van der Waals surface area (Å²) in [6, 6.07) is 14.7. The normalized spacial score (nSPS) is 10.9. The number of hydrogen-bond donors (Lipinski definition) is 1. The molecule has 2 rings (SSSR count). The van der Waals surface area contributed by atoms with Crippen molar-refractivity contribution in [2.45, 2.75) is 58.8 Å². The Morgan fingerprint density at radius 2 is 1.63 bits per heavy atom. The lowest BCUT2D eigenvalue weighted by Crippen LogP contribution is -2.17. The number of benzene rings is 2. The molecule has 0 fully saturated rings. The number of nitrogens with one attached hydrogen (secondary N) is 1. The zero-order valence-electron chi connectivity index (χ0n) is 18.2. The van der Waals surface area contributed by atoms with Crippen LogP contribution < -0.4 is 14.9 Å². The van der Waals surface area contributed by atoms with Crippen LogP contribution in [0.25, 0.3) is 0 Å². The van der Waals surface area contributed by atoms with Gasteiger partial charge in [0.05, 0.1) is 19.4 Å². The number of rotatable bonds is 14. The highest BCUT2D eigenvalue weighted by Gasteiger charge is 2.07. The van der Waals surface area contributed by atoms with Gasteiger partial charge in [-0.15, -0.1) is 0 Å². The predicted octanol–water partition coefficient (Wildman–Crippen LogP) is 5.98. The molecule has 0 atom stereocenters. The second-order valence-electron chi connectivity index (χ2n) is 7.17. The van der Waals surface area contributed by atoms with Crippen molar-refractivity contribution >= 4 is 12.1 Å². The number of hydrogen-bond acceptors (Lipinski definition) is 4. The molecule has 0 spiro atoms. The standard InChI is InChI=1S/C25H34N2O3/c1-3-5-6-7-8-9-13-18-30-23-17-16-21(19-24(23)29-4-2)20-26-27-25(28)22-14-11-10-12-15-22/h10-12,14-17,19-20H,3-9,13,18H2,1-2H3,(H,27,28)/b26-20+. The summed E-state index contributed by atoms with van der Waals surface area (Å²) >= 11 is 0. The zero-order chi connectivity index (χ0) is 21.4. The Kier molecular flexibility index (Phi) is 11.1. The van der Waals surface area contributed by atoms with Crippen molar-refractivity contribution in [3.05, 3.63) is 59.7 Å². The molecule has 5 heteroatoms. The minimum absolute atomic E-state index is 0.244. The fourth-order valence-electron chi connectivity index (χ4n) is 3.05. The van der Waals surface area contributed by atoms with E-state index in [1.165, 1.54) is 38.5 Å². The van der Waals surface area contributed by atoms with Crippen molar-refractivity contribution in [3.63, 3.8) is 0 Å². The highest BCUT2D eigenvalue weighted by Crippen LogP contribution is 2.28. The van der Waals surface area contributed by atoms with Gasteiger partial charge in [0, 0.05) is 5.56 Å². The number of amides is 1. The molecule has 1 amide bonds. The summed E-state index contributed by atoms with van der Waals surface area (Å²) < 4.78 is 11.7. The maximum absolute atomic E-state index is 12.0. The van der Waals surface area contributed by atoms with Crippen LogP contribution in [0.1, 0.15) is 74.7 Å². The van der Waals surface area contributed by atoms with Crippen molar-refractivity contribution in [2.24, 2.45) is 5.10 Å². The minimum Gasteiger partial charge on any atom is -0.490 e. The van der Waals surface area contributed by atoms with Gasteiger partial charge in [-0.2, -0.15) is 5.10 Å². The first-order valence-electron chi connectivity index (χ1n) is 11.0. The molecule has 0 bridgehead atoms. The average molecular weight is 411 g/mol. The quantitative estimate of drug-likeness (QED) is 0.237. The number of ether oxygens (including phenoxy) is 2. The lowest BCUT2D eigenvalue weighted by Gasteiger charge is -2.12. The van der Waals surface area contributed by atoms with Gasteiger partial charge in [-0.25, -0.2) is 5.43 Å². The molecular formula is C25H34N2O3. The Bertz CT molecular complexity index is 775. The molecule has 0 aliphatic heterocycles. The van der Waals surface area contributed by atoms with E-state index in [0.717, 1.165) is 17.7 Å². The van der Waals surface area contributed by atoms with E-state index >= 15 is 0 Å². The summed E-state index contributed by atoms with van der Waals surface area (Å²) in [5.74, 6) is 1.19. The van der Waals surface area contributed by atoms with Gasteiger partial charge in [0.2, 0.25) is 0 Å². The second kappa shape index (κ2) is 14.2. The van der Waals surface area contributed by atoms with Gasteiger partial charge in [-0.05, 0) is 49.2 Å². The summed E-state index contributed by atoms with van der Waals surface area (Å²) in [4.78, 5) is 12.0. The fourth-order valence-corrected chi connectivity index (χ4v) is 3.05. The van der Waals surface area contributed by atoms with Gasteiger partial charge >= 0.3 is 0 Å². The average Bonchev–Trinajstić information content (AvgIpc) is 2.77. The van der Waals surface area contributed by atoms with Crippen LogP contribution in [0.15, 0.2) is 53.6 Å². The van der Waals surface area contributed by atoms with Crippen molar-refractivity contribution < 1.29 is 14.3 Å². The molecule has 0 aliphatic carbocycles. The zero-order valence-corrected chi connectivity index (χ0v) is 18.2. The molecule has 1 N–H and O–H groups in total. The van der Waals surface area contributed by atoms with Crippen LogP contribution >= 0.6 is 0 Å². The minimum atomic E-state index is -0.244. The summed E-state index contributed by atoms with van der Waals surface area (Å²) in [7, 11) is 0. The third-order valence-corrected chi connectivity index (χ3v) is 4.69. The second-order valence-corrected chi connectivity index (χ2v) is 7.17. The van der Waals surface area contributed by atoms with E-state index in [1.54, 1.807) is 18.3 Å². The molecule has 2 aromatic rings. The van der Waals surface area contributed by atoms with Crippen molar-refractivity contribution in [1.29, 1.82) is 0 Å². The van der Waals surface area contributed by atoms with Crippen LogP contribution in [-0.4, -0.2) is 25.3 Å². The van der Waals surface area contributed by atoms with Crippen LogP contribution in [0, 0.1) is 0 Å². The third kappa shape index (κ3) is 8.68. The van der Waals surface area contributed by atoms with E-state index in [1.807, 2.05) is 43.3 Å². The first kappa shape index (κ1) is 23.5. The number of nitrogens with zero attached hydrogens (tertiary/aromatic N) is 1. The maximum Gasteiger partial charge on any atom is 0.271 e. The van der Waals surface area contributed by atoms with E-state index in [0.29, 0.717) is 24.5 Å². The van der Waals surface area contributed by atoms with Crippen LogP contribution in [-0.2, 0) is 0 Å². The Hall–Kier alpha value is -2.82. The number of carbonyl (C=O) groups excluding carboxylic acids is 1. The Morgan fingerprint density at radius 3 is 2.37 bits per heavy atom. The first-order chi connectivity index (χ1) is 14.7. The van der Waals surface area contributed by atoms with Gasteiger partial charge < -0.3 is 9.47 Å². The maximum atomic E-state index is 12.0. The molecule has 30 heavy (non-hydrogen) atoms. The topological polar surface area (TPSA) is 59.9 Å². The third-order valence-electron chi connectivity index (χ3n) is 4.69. The van der Waals surface area contributed by atoms with Crippen LogP contribution in [0.4, 0.5) is 0 Å². The molecule has 0 aromatic heterocycles. The number of carbonyl (C=O) groups is 1. The SMILES string of the molecule is CCCCCCCCCOc1ccc(/C=N/NC(=O)c2ccccc2)cc1OCC. The molecule has 0 unspecified atom stereocenters. The molecule has 0 saturated carbocycles. The first-order valence-corrected chi connectivity index (χ1v) is 11.0. The smallest absolute Gasteiger partial charge is 0.271 e. The molecule has 2 aromatic carbocycles. The summed E-state index contributed by atoms with van der Waals surface area (Å²) in [6.07, 6.45) is 10.4. The highest BCUT2D eigenvalue weighted by atomic mass is 16.5. The highest BCUT2D eigenvalue weighted by molar-refractivity contribution is 5.94. The Balaban J connectivity index is 1.82. The van der Waals surface area contributed by atoms with Gasteiger partial charge in [-0.3, -0.25) is 4.79 Å². The van der Waals surface area contributed by atoms with Crippen molar-refractivity contribution in [2.75, 3.05) is 13.2 Å². The molecule has 0 radical (unpaired) electrons. The largest absolute Gasteiger partial charge is 0.490 e. The van der Waals surface area contributed by atoms with E-state index < -0.39 is 0 Å². The number of unbranched alkanes of at least 4 members (excludes halogenated alkanes) is 6. The predicted molar refractivity (Wildman–Crippen MR) is 123 cm³/mol. The lowest BCUT2D eigenvalue weighted by atomic mass is 10.1. The lowest BCUT2D eigenvalue weighted by molar-refractivity contribution is 0.0955. The Morgan fingerprint density at radius 1 is 0.900 bits per heavy atom. The van der Waals surface area contributed by atoms with Gasteiger partial charge in [-0.1, -0.05) is 63.6 Å². The molecule has 5 nitrogen and oxygen atoms in total. The summed E-state index contributed by atoms with van der Waals surface area (Å²) in [5, 5.41) is 4.04. The molecule has 162 valence electrons. The van der Waals surface area contributed by atoms with Crippen molar-refractivity contribution in [3.8, 4) is 11.5 Å². The van der Waals surface area contributed by atoms with Crippen LogP contribution in [0.5, 0.6) is 11.5 Å². The monoisotopic (exact) mass is 410 g/mol. The van der Waals surface area contributed by atoms with Gasteiger partial charge in [0.1, 0.15) is 0 Å². The van der Waals surface area contributed by atoms with Gasteiger partial charge in [0.25, 0.3) is 5.91 Å². The Labute approximate surface area is 180 Å². The summed E-state index contributed by atoms with van der Waals surface area (Å²) in [5.41, 5.74) is 3.94. The van der Waals surface area contributed by atoms with Crippen LogP contribution in [0.3, 0.4) is 0 Å². The fraction of sp³-hybridized carbons (Fsp3) is 0.440. The van der Waals surface area contributed by atoms with Crippen molar-refractivity contribution in [1.82, 2.24) is 5.43 Å². The van der Waals surface area contributed by atoms with E-state index in [-0.39, 0.29) is 5.91 Å². The number of hydrazone groups is 1. The molecule has 0 heterocycles. The molecule has 0 saturated heterocycles. The van der Waals surface area contributed by atoms with E-state index in [4.69, 9.17) is 9.47 Å². The molecule has 0 aliphatic rings. The summed E-state index contributed by atoms with van der Waals surface area (Å²) in [6.45, 7) is 5.43. The van der Waals surface area contributed by atoms with E-state index in [2.05, 4.69) is 17.5 Å². The molecular weight excluding hydrogens is 376 g/mol. The van der Waals surface area contributed by atoms with Gasteiger partial charge in [0.15, 0.2) is 11.5 Å². The van der Waals surface area contributed by atoms with E-state index in [9.17, 15) is 4.79 Å². The van der Waals surface area contributed by atoms with Crippen LogP contribution in [0.2, 0.25) is 0 Å².